The lowest BCUT2D eigenvalue weighted by atomic mass is 9.96. The summed E-state index contributed by atoms with van der Waals surface area (Å²) in [6.07, 6.45) is 3.07. The molecule has 1 fully saturated rings. The van der Waals surface area contributed by atoms with Gasteiger partial charge < -0.3 is 19.9 Å². The van der Waals surface area contributed by atoms with E-state index in [1.165, 1.54) is 0 Å². The van der Waals surface area contributed by atoms with Crippen LogP contribution in [0, 0.1) is 0 Å². The molecule has 0 spiro atoms. The minimum absolute atomic E-state index is 0.0704. The molecule has 2 aromatic rings. The van der Waals surface area contributed by atoms with E-state index in [0.29, 0.717) is 12.1 Å². The van der Waals surface area contributed by atoms with Gasteiger partial charge >= 0.3 is 0 Å². The van der Waals surface area contributed by atoms with Gasteiger partial charge in [-0.3, -0.25) is 9.59 Å². The molecule has 4 rings (SSSR count). The molecule has 28 heavy (non-hydrogen) atoms. The fourth-order valence-corrected chi connectivity index (χ4v) is 4.06. The van der Waals surface area contributed by atoms with Gasteiger partial charge in [-0.05, 0) is 55.2 Å². The van der Waals surface area contributed by atoms with Crippen LogP contribution in [0.4, 0.5) is 11.4 Å². The first kappa shape index (κ1) is 18.3. The normalized spacial score (nSPS) is 18.4. The van der Waals surface area contributed by atoms with Crippen molar-refractivity contribution in [3.8, 4) is 5.75 Å². The molecule has 146 valence electrons. The van der Waals surface area contributed by atoms with Gasteiger partial charge in [0.25, 0.3) is 5.91 Å². The SMILES string of the molecule is COc1cccc(CNC(=O)c2ccc3c(c2)N(C)C(=O)[C@H]2CCCCN32)c1. The fraction of sp³-hybridized carbons (Fsp3) is 0.364. The third-order valence-corrected chi connectivity index (χ3v) is 5.61. The van der Waals surface area contributed by atoms with Gasteiger partial charge in [0.1, 0.15) is 11.8 Å². The van der Waals surface area contributed by atoms with Gasteiger partial charge in [-0.15, -0.1) is 0 Å². The summed E-state index contributed by atoms with van der Waals surface area (Å²) in [6, 6.07) is 13.2. The Hall–Kier alpha value is -3.02. The molecule has 0 radical (unpaired) electrons. The number of anilines is 2. The minimum atomic E-state index is -0.160. The number of nitrogens with zero attached hydrogens (tertiary/aromatic N) is 2. The lowest BCUT2D eigenvalue weighted by Crippen LogP contribution is -2.54. The lowest BCUT2D eigenvalue weighted by Gasteiger charge is -2.44. The highest BCUT2D eigenvalue weighted by Crippen LogP contribution is 2.39. The number of amides is 2. The zero-order valence-electron chi connectivity index (χ0n) is 16.3. The molecule has 0 aliphatic carbocycles. The van der Waals surface area contributed by atoms with Crippen molar-refractivity contribution in [3.63, 3.8) is 0 Å². The highest BCUT2D eigenvalue weighted by molar-refractivity contribution is 6.07. The first-order chi connectivity index (χ1) is 13.6. The van der Waals surface area contributed by atoms with Gasteiger partial charge in [0.2, 0.25) is 5.91 Å². The number of piperidine rings is 1. The second-order valence-corrected chi connectivity index (χ2v) is 7.34. The molecular weight excluding hydrogens is 354 g/mol. The second-order valence-electron chi connectivity index (χ2n) is 7.34. The maximum atomic E-state index is 12.7. The van der Waals surface area contributed by atoms with Gasteiger partial charge in [-0.2, -0.15) is 0 Å². The summed E-state index contributed by atoms with van der Waals surface area (Å²) in [7, 11) is 3.42. The number of carbonyl (C=O) groups is 2. The Labute approximate surface area is 165 Å². The number of ether oxygens (including phenoxy) is 1. The third kappa shape index (κ3) is 3.30. The summed E-state index contributed by atoms with van der Waals surface area (Å²) in [4.78, 5) is 29.3. The van der Waals surface area contributed by atoms with Gasteiger partial charge in [0.05, 0.1) is 18.5 Å². The molecule has 2 amide bonds. The molecule has 6 nitrogen and oxygen atoms in total. The number of hydrogen-bond acceptors (Lipinski definition) is 4. The molecule has 0 saturated carbocycles. The zero-order valence-corrected chi connectivity index (χ0v) is 16.3. The first-order valence-electron chi connectivity index (χ1n) is 9.68. The van der Waals surface area contributed by atoms with E-state index in [9.17, 15) is 9.59 Å². The van der Waals surface area contributed by atoms with Crippen LogP contribution in [0.25, 0.3) is 0 Å². The number of methoxy groups -OCH3 is 1. The van der Waals surface area contributed by atoms with Gasteiger partial charge in [-0.25, -0.2) is 0 Å². The predicted molar refractivity (Wildman–Crippen MR) is 109 cm³/mol. The molecule has 6 heteroatoms. The standard InChI is InChI=1S/C22H25N3O3/c1-24-20-13-16(21(26)23-14-15-6-5-7-17(12-15)28-2)9-10-18(20)25-11-4-3-8-19(25)22(24)27/h5-7,9-10,12-13,19H,3-4,8,11,14H2,1-2H3,(H,23,26)/t19-/m1/s1. The molecule has 2 aliphatic heterocycles. The second kappa shape index (κ2) is 7.54. The lowest BCUT2D eigenvalue weighted by molar-refractivity contribution is -0.120. The summed E-state index contributed by atoms with van der Waals surface area (Å²) < 4.78 is 5.22. The summed E-state index contributed by atoms with van der Waals surface area (Å²) in [5, 5.41) is 2.94. The van der Waals surface area contributed by atoms with Gasteiger partial charge in [-0.1, -0.05) is 12.1 Å². The van der Waals surface area contributed by atoms with Crippen molar-refractivity contribution in [1.29, 1.82) is 0 Å². The molecule has 0 bridgehead atoms. The smallest absolute Gasteiger partial charge is 0.251 e. The van der Waals surface area contributed by atoms with E-state index in [0.717, 1.165) is 48.5 Å². The number of carbonyl (C=O) groups excluding carboxylic acids is 2. The molecule has 2 aromatic carbocycles. The molecule has 1 atom stereocenters. The van der Waals surface area contributed by atoms with Crippen LogP contribution in [-0.4, -0.2) is 38.6 Å². The number of fused-ring (bicyclic) bond motifs is 3. The van der Waals surface area contributed by atoms with Crippen LogP contribution in [0.3, 0.4) is 0 Å². The fourth-order valence-electron chi connectivity index (χ4n) is 4.06. The van der Waals surface area contributed by atoms with Crippen LogP contribution in [0.15, 0.2) is 42.5 Å². The van der Waals surface area contributed by atoms with Crippen molar-refractivity contribution >= 4 is 23.2 Å². The minimum Gasteiger partial charge on any atom is -0.497 e. The van der Waals surface area contributed by atoms with Gasteiger partial charge in [0, 0.05) is 25.7 Å². The van der Waals surface area contributed by atoms with E-state index in [-0.39, 0.29) is 17.9 Å². The number of nitrogens with one attached hydrogen (secondary N) is 1. The van der Waals surface area contributed by atoms with Crippen LogP contribution in [0.2, 0.25) is 0 Å². The molecule has 0 aromatic heterocycles. The Bertz CT molecular complexity index is 912. The Morgan fingerprint density at radius 1 is 1.18 bits per heavy atom. The van der Waals surface area contributed by atoms with E-state index in [1.807, 2.05) is 42.5 Å². The Kier molecular flexibility index (Phi) is 4.94. The van der Waals surface area contributed by atoms with Crippen LogP contribution < -0.4 is 19.9 Å². The Morgan fingerprint density at radius 2 is 2.04 bits per heavy atom. The van der Waals surface area contributed by atoms with Crippen LogP contribution >= 0.6 is 0 Å². The van der Waals surface area contributed by atoms with E-state index in [2.05, 4.69) is 10.2 Å². The van der Waals surface area contributed by atoms with Crippen molar-refractivity contribution < 1.29 is 14.3 Å². The summed E-state index contributed by atoms with van der Waals surface area (Å²) in [5.74, 6) is 0.713. The number of rotatable bonds is 4. The molecule has 0 unspecified atom stereocenters. The monoisotopic (exact) mass is 379 g/mol. The van der Waals surface area contributed by atoms with Crippen molar-refractivity contribution in [2.24, 2.45) is 0 Å². The average molecular weight is 379 g/mol. The number of hydrogen-bond donors (Lipinski definition) is 1. The van der Waals surface area contributed by atoms with Crippen LogP contribution in [-0.2, 0) is 11.3 Å². The average Bonchev–Trinajstić information content (AvgIpc) is 2.75. The van der Waals surface area contributed by atoms with Crippen LogP contribution in [0.1, 0.15) is 35.2 Å². The topological polar surface area (TPSA) is 61.9 Å². The molecule has 2 aliphatic rings. The summed E-state index contributed by atoms with van der Waals surface area (Å²) >= 11 is 0. The Balaban J connectivity index is 1.53. The van der Waals surface area contributed by atoms with E-state index >= 15 is 0 Å². The van der Waals surface area contributed by atoms with Crippen LogP contribution in [0.5, 0.6) is 5.75 Å². The highest BCUT2D eigenvalue weighted by Gasteiger charge is 2.37. The predicted octanol–water partition coefficient (Wildman–Crippen LogP) is 2.96. The quantitative estimate of drug-likeness (QED) is 0.887. The number of benzene rings is 2. The van der Waals surface area contributed by atoms with Crippen molar-refractivity contribution in [3.05, 3.63) is 53.6 Å². The highest BCUT2D eigenvalue weighted by atomic mass is 16.5. The largest absolute Gasteiger partial charge is 0.497 e. The van der Waals surface area contributed by atoms with E-state index < -0.39 is 0 Å². The maximum absolute atomic E-state index is 12.7. The van der Waals surface area contributed by atoms with Crippen molar-refractivity contribution in [1.82, 2.24) is 5.32 Å². The van der Waals surface area contributed by atoms with E-state index in [4.69, 9.17) is 4.74 Å². The molecule has 1 N–H and O–H groups in total. The molecule has 2 heterocycles. The summed E-state index contributed by atoms with van der Waals surface area (Å²) in [5.41, 5.74) is 3.36. The van der Waals surface area contributed by atoms with Crippen molar-refractivity contribution in [2.75, 3.05) is 30.5 Å². The zero-order chi connectivity index (χ0) is 19.7. The first-order valence-corrected chi connectivity index (χ1v) is 9.68. The third-order valence-electron chi connectivity index (χ3n) is 5.61. The Morgan fingerprint density at radius 3 is 2.86 bits per heavy atom. The molecule has 1 saturated heterocycles. The van der Waals surface area contributed by atoms with E-state index in [1.54, 1.807) is 19.1 Å². The van der Waals surface area contributed by atoms with Gasteiger partial charge in [0.15, 0.2) is 0 Å². The maximum Gasteiger partial charge on any atom is 0.251 e. The number of likely N-dealkylation sites (N-methyl/N-ethyl adjacent to an activating group) is 1. The molecular formula is C22H25N3O3. The van der Waals surface area contributed by atoms with Crippen molar-refractivity contribution in [2.45, 2.75) is 31.8 Å². The summed E-state index contributed by atoms with van der Waals surface area (Å²) in [6.45, 7) is 1.30.